The normalized spacial score (nSPS) is 20.7. The molecule has 0 aromatic heterocycles. The number of esters is 1. The van der Waals surface area contributed by atoms with Crippen molar-refractivity contribution < 1.29 is 19.1 Å². The highest BCUT2D eigenvalue weighted by atomic mass is 16.5. The molecule has 0 radical (unpaired) electrons. The first-order chi connectivity index (χ1) is 9.21. The summed E-state index contributed by atoms with van der Waals surface area (Å²) >= 11 is 0. The third-order valence-electron chi connectivity index (χ3n) is 3.59. The first-order valence-corrected chi connectivity index (χ1v) is 6.48. The standard InChI is InChI=1S/C15H18O4/c1-3-19-14(17)8-12-11(9-16)7-10-5-4-6-13(18-2)15(10)12/h4-6,9,11-12H,3,7-8H2,1-2H3/t11-,12-/m1/s1. The molecule has 1 aliphatic carbocycles. The number of methoxy groups -OCH3 is 1. The highest BCUT2D eigenvalue weighted by molar-refractivity contribution is 5.73. The van der Waals surface area contributed by atoms with Crippen LogP contribution in [0.15, 0.2) is 18.2 Å². The monoisotopic (exact) mass is 262 g/mol. The molecule has 102 valence electrons. The Morgan fingerprint density at radius 1 is 1.47 bits per heavy atom. The second-order valence-electron chi connectivity index (χ2n) is 4.65. The highest BCUT2D eigenvalue weighted by Crippen LogP contribution is 2.44. The van der Waals surface area contributed by atoms with E-state index in [0.29, 0.717) is 13.0 Å². The van der Waals surface area contributed by atoms with Crippen molar-refractivity contribution in [2.24, 2.45) is 5.92 Å². The quantitative estimate of drug-likeness (QED) is 0.602. The molecule has 19 heavy (non-hydrogen) atoms. The predicted octanol–water partition coefficient (Wildman–Crippen LogP) is 2.10. The van der Waals surface area contributed by atoms with Crippen LogP contribution in [0.5, 0.6) is 5.75 Å². The zero-order chi connectivity index (χ0) is 13.8. The fourth-order valence-corrected chi connectivity index (χ4v) is 2.77. The van der Waals surface area contributed by atoms with Gasteiger partial charge < -0.3 is 14.3 Å². The Labute approximate surface area is 112 Å². The molecule has 0 fully saturated rings. The van der Waals surface area contributed by atoms with Gasteiger partial charge in [-0.15, -0.1) is 0 Å². The molecule has 0 aliphatic heterocycles. The summed E-state index contributed by atoms with van der Waals surface area (Å²) in [7, 11) is 1.60. The number of benzene rings is 1. The Balaban J connectivity index is 2.31. The van der Waals surface area contributed by atoms with E-state index in [4.69, 9.17) is 9.47 Å². The number of aldehydes is 1. The average molecular weight is 262 g/mol. The molecule has 0 unspecified atom stereocenters. The number of carbonyl (C=O) groups is 2. The maximum absolute atomic E-state index is 11.7. The van der Waals surface area contributed by atoms with Gasteiger partial charge in [0.05, 0.1) is 20.1 Å². The SMILES string of the molecule is CCOC(=O)C[C@H]1c2c(cccc2OC)C[C@@H]1C=O. The number of ether oxygens (including phenoxy) is 2. The van der Waals surface area contributed by atoms with E-state index in [0.717, 1.165) is 23.2 Å². The molecule has 0 heterocycles. The summed E-state index contributed by atoms with van der Waals surface area (Å²) in [5.74, 6) is 0.174. The first kappa shape index (κ1) is 13.6. The lowest BCUT2D eigenvalue weighted by Crippen LogP contribution is -2.16. The maximum Gasteiger partial charge on any atom is 0.306 e. The number of hydrogen-bond acceptors (Lipinski definition) is 4. The second-order valence-corrected chi connectivity index (χ2v) is 4.65. The summed E-state index contributed by atoms with van der Waals surface area (Å²) in [6.07, 6.45) is 1.83. The summed E-state index contributed by atoms with van der Waals surface area (Å²) in [5.41, 5.74) is 2.07. The van der Waals surface area contributed by atoms with E-state index < -0.39 is 0 Å². The number of fused-ring (bicyclic) bond motifs is 1. The lowest BCUT2D eigenvalue weighted by Gasteiger charge is -2.17. The van der Waals surface area contributed by atoms with E-state index in [2.05, 4.69) is 0 Å². The van der Waals surface area contributed by atoms with E-state index in [1.165, 1.54) is 0 Å². The molecule has 4 heteroatoms. The van der Waals surface area contributed by atoms with E-state index >= 15 is 0 Å². The van der Waals surface area contributed by atoms with Crippen molar-refractivity contribution in [2.75, 3.05) is 13.7 Å². The number of carbonyl (C=O) groups excluding carboxylic acids is 2. The van der Waals surface area contributed by atoms with Crippen molar-refractivity contribution in [3.8, 4) is 5.75 Å². The molecule has 1 aromatic rings. The highest BCUT2D eigenvalue weighted by Gasteiger charge is 2.36. The Kier molecular flexibility index (Phi) is 4.20. The van der Waals surface area contributed by atoms with Crippen LogP contribution in [0.2, 0.25) is 0 Å². The molecule has 0 amide bonds. The summed E-state index contributed by atoms with van der Waals surface area (Å²) in [6.45, 7) is 2.13. The Morgan fingerprint density at radius 2 is 2.26 bits per heavy atom. The summed E-state index contributed by atoms with van der Waals surface area (Å²) in [6, 6.07) is 5.76. The minimum Gasteiger partial charge on any atom is -0.496 e. The van der Waals surface area contributed by atoms with Crippen molar-refractivity contribution in [1.29, 1.82) is 0 Å². The van der Waals surface area contributed by atoms with Gasteiger partial charge in [-0.2, -0.15) is 0 Å². The Morgan fingerprint density at radius 3 is 2.89 bits per heavy atom. The Bertz CT molecular complexity index is 481. The van der Waals surface area contributed by atoms with Crippen molar-refractivity contribution in [3.05, 3.63) is 29.3 Å². The van der Waals surface area contributed by atoms with Crippen LogP contribution < -0.4 is 4.74 Å². The van der Waals surface area contributed by atoms with Gasteiger partial charge in [0.1, 0.15) is 12.0 Å². The van der Waals surface area contributed by atoms with Gasteiger partial charge in [0.2, 0.25) is 0 Å². The zero-order valence-corrected chi connectivity index (χ0v) is 11.2. The largest absolute Gasteiger partial charge is 0.496 e. The van der Waals surface area contributed by atoms with Gasteiger partial charge in [0.15, 0.2) is 0 Å². The van der Waals surface area contributed by atoms with Crippen LogP contribution in [-0.4, -0.2) is 26.0 Å². The summed E-state index contributed by atoms with van der Waals surface area (Å²) in [5, 5.41) is 0. The summed E-state index contributed by atoms with van der Waals surface area (Å²) in [4.78, 5) is 22.9. The van der Waals surface area contributed by atoms with Gasteiger partial charge in [-0.3, -0.25) is 4.79 Å². The first-order valence-electron chi connectivity index (χ1n) is 6.48. The minimum absolute atomic E-state index is 0.136. The molecule has 0 saturated heterocycles. The molecule has 0 saturated carbocycles. The lowest BCUT2D eigenvalue weighted by atomic mass is 9.90. The number of rotatable bonds is 5. The summed E-state index contributed by atoms with van der Waals surface area (Å²) < 4.78 is 10.3. The van der Waals surface area contributed by atoms with Crippen LogP contribution >= 0.6 is 0 Å². The predicted molar refractivity (Wildman–Crippen MR) is 70.2 cm³/mol. The van der Waals surface area contributed by atoms with Gasteiger partial charge in [-0.25, -0.2) is 0 Å². The average Bonchev–Trinajstić information content (AvgIpc) is 2.77. The molecule has 1 aliphatic rings. The van der Waals surface area contributed by atoms with Gasteiger partial charge in [-0.05, 0) is 25.0 Å². The van der Waals surface area contributed by atoms with E-state index in [-0.39, 0.29) is 24.2 Å². The van der Waals surface area contributed by atoms with Crippen LogP contribution in [0.25, 0.3) is 0 Å². The fourth-order valence-electron chi connectivity index (χ4n) is 2.77. The Hall–Kier alpha value is -1.84. The molecule has 4 nitrogen and oxygen atoms in total. The molecular formula is C15H18O4. The van der Waals surface area contributed by atoms with Gasteiger partial charge in [0, 0.05) is 17.4 Å². The molecule has 0 spiro atoms. The van der Waals surface area contributed by atoms with E-state index in [1.807, 2.05) is 18.2 Å². The second kappa shape index (κ2) is 5.87. The third kappa shape index (κ3) is 2.62. The van der Waals surface area contributed by atoms with Crippen LogP contribution in [0.1, 0.15) is 30.4 Å². The smallest absolute Gasteiger partial charge is 0.306 e. The van der Waals surface area contributed by atoms with Gasteiger partial charge in [-0.1, -0.05) is 12.1 Å². The van der Waals surface area contributed by atoms with Gasteiger partial charge in [0.25, 0.3) is 0 Å². The molecule has 0 bridgehead atoms. The van der Waals surface area contributed by atoms with E-state index in [9.17, 15) is 9.59 Å². The van der Waals surface area contributed by atoms with Crippen molar-refractivity contribution >= 4 is 12.3 Å². The molecular weight excluding hydrogens is 244 g/mol. The third-order valence-corrected chi connectivity index (χ3v) is 3.59. The molecule has 1 aromatic carbocycles. The van der Waals surface area contributed by atoms with Crippen molar-refractivity contribution in [3.63, 3.8) is 0 Å². The zero-order valence-electron chi connectivity index (χ0n) is 11.2. The minimum atomic E-state index is -0.266. The van der Waals surface area contributed by atoms with Crippen molar-refractivity contribution in [1.82, 2.24) is 0 Å². The molecule has 0 N–H and O–H groups in total. The van der Waals surface area contributed by atoms with Crippen molar-refractivity contribution in [2.45, 2.75) is 25.7 Å². The number of hydrogen-bond donors (Lipinski definition) is 0. The molecule has 2 atom stereocenters. The van der Waals surface area contributed by atoms with Crippen LogP contribution in [0, 0.1) is 5.92 Å². The van der Waals surface area contributed by atoms with Gasteiger partial charge >= 0.3 is 5.97 Å². The fraction of sp³-hybridized carbons (Fsp3) is 0.467. The van der Waals surface area contributed by atoms with Crippen LogP contribution in [0.4, 0.5) is 0 Å². The van der Waals surface area contributed by atoms with Crippen LogP contribution in [-0.2, 0) is 20.7 Å². The maximum atomic E-state index is 11.7. The van der Waals surface area contributed by atoms with Crippen LogP contribution in [0.3, 0.4) is 0 Å². The molecule has 2 rings (SSSR count). The lowest BCUT2D eigenvalue weighted by molar-refractivity contribution is -0.143. The topological polar surface area (TPSA) is 52.6 Å². The van der Waals surface area contributed by atoms with E-state index in [1.54, 1.807) is 14.0 Å².